The number of carbonyl (C=O) groups excluding carboxylic acids is 3. The van der Waals surface area contributed by atoms with Gasteiger partial charge >= 0.3 is 0 Å². The molecule has 1 heterocycles. The largest absolute Gasteiger partial charge is 0.343 e. The summed E-state index contributed by atoms with van der Waals surface area (Å²) in [5, 5.41) is 9.90. The highest BCUT2D eigenvalue weighted by atomic mass is 79.9. The van der Waals surface area contributed by atoms with Crippen LogP contribution in [-0.4, -0.2) is 24.3 Å². The fourth-order valence-corrected chi connectivity index (χ4v) is 3.69. The van der Waals surface area contributed by atoms with Gasteiger partial charge in [-0.3, -0.25) is 14.4 Å². The van der Waals surface area contributed by atoms with Gasteiger partial charge in [-0.25, -0.2) is 0 Å². The molecule has 0 spiro atoms. The average Bonchev–Trinajstić information content (AvgIpc) is 3.24. The van der Waals surface area contributed by atoms with Crippen LogP contribution >= 0.6 is 27.3 Å². The van der Waals surface area contributed by atoms with E-state index in [0.29, 0.717) is 16.3 Å². The second-order valence-corrected chi connectivity index (χ2v) is 8.03. The van der Waals surface area contributed by atoms with E-state index >= 15 is 0 Å². The van der Waals surface area contributed by atoms with E-state index in [1.54, 1.807) is 47.8 Å². The first-order valence-electron chi connectivity index (χ1n) is 8.72. The highest BCUT2D eigenvalue weighted by molar-refractivity contribution is 9.10. The molecule has 0 radical (unpaired) electrons. The van der Waals surface area contributed by atoms with Crippen molar-refractivity contribution in [2.75, 3.05) is 17.2 Å². The van der Waals surface area contributed by atoms with Crippen LogP contribution in [-0.2, 0) is 4.79 Å². The number of amides is 3. The molecule has 0 aliphatic rings. The molecule has 2 aromatic carbocycles. The van der Waals surface area contributed by atoms with E-state index in [1.807, 2.05) is 19.1 Å². The Morgan fingerprint density at radius 1 is 0.931 bits per heavy atom. The molecule has 0 aliphatic carbocycles. The van der Waals surface area contributed by atoms with Gasteiger partial charge in [0.25, 0.3) is 11.8 Å². The molecule has 3 aromatic rings. The summed E-state index contributed by atoms with van der Waals surface area (Å²) in [5.74, 6) is -1.08. The third kappa shape index (κ3) is 5.52. The SMILES string of the molecule is Cc1cc(Br)ccc1NC(=O)CNC(=O)c1ccccc1NC(=O)c1cccs1. The van der Waals surface area contributed by atoms with Crippen LogP contribution in [0.25, 0.3) is 0 Å². The Morgan fingerprint density at radius 3 is 2.45 bits per heavy atom. The maximum Gasteiger partial charge on any atom is 0.265 e. The summed E-state index contributed by atoms with van der Waals surface area (Å²) in [5.41, 5.74) is 2.24. The summed E-state index contributed by atoms with van der Waals surface area (Å²) in [7, 11) is 0. The van der Waals surface area contributed by atoms with E-state index in [9.17, 15) is 14.4 Å². The molecule has 6 nitrogen and oxygen atoms in total. The molecule has 0 unspecified atom stereocenters. The van der Waals surface area contributed by atoms with Crippen LogP contribution in [0.5, 0.6) is 0 Å². The van der Waals surface area contributed by atoms with Crippen LogP contribution in [0.3, 0.4) is 0 Å². The number of para-hydroxylation sites is 1. The molecule has 3 amide bonds. The van der Waals surface area contributed by atoms with Crippen molar-refractivity contribution in [2.45, 2.75) is 6.92 Å². The molecule has 0 aliphatic heterocycles. The highest BCUT2D eigenvalue weighted by Crippen LogP contribution is 2.20. The zero-order valence-electron chi connectivity index (χ0n) is 15.5. The molecule has 0 saturated heterocycles. The summed E-state index contributed by atoms with van der Waals surface area (Å²) in [6, 6.07) is 15.6. The smallest absolute Gasteiger partial charge is 0.265 e. The number of aryl methyl sites for hydroxylation is 1. The van der Waals surface area contributed by atoms with Gasteiger partial charge in [0.1, 0.15) is 0 Å². The monoisotopic (exact) mass is 471 g/mol. The molecule has 8 heteroatoms. The second kappa shape index (κ2) is 9.49. The molecule has 148 valence electrons. The summed E-state index contributed by atoms with van der Waals surface area (Å²) in [4.78, 5) is 37.6. The van der Waals surface area contributed by atoms with Gasteiger partial charge in [0.05, 0.1) is 22.7 Å². The van der Waals surface area contributed by atoms with E-state index in [4.69, 9.17) is 0 Å². The minimum absolute atomic E-state index is 0.193. The lowest BCUT2D eigenvalue weighted by Gasteiger charge is -2.12. The van der Waals surface area contributed by atoms with Gasteiger partial charge in [0, 0.05) is 10.2 Å². The molecule has 1 aromatic heterocycles. The maximum atomic E-state index is 12.6. The third-order valence-electron chi connectivity index (χ3n) is 4.04. The molecule has 29 heavy (non-hydrogen) atoms. The standard InChI is InChI=1S/C21H18BrN3O3S/c1-13-11-14(22)8-9-16(13)24-19(26)12-23-20(27)15-5-2-3-6-17(15)25-21(28)18-7-4-10-29-18/h2-11H,12H2,1H3,(H,23,27)(H,24,26)(H,25,28). The van der Waals surface area contributed by atoms with Crippen LogP contribution in [0, 0.1) is 6.92 Å². The average molecular weight is 472 g/mol. The van der Waals surface area contributed by atoms with Crippen molar-refractivity contribution in [3.63, 3.8) is 0 Å². The Morgan fingerprint density at radius 2 is 1.72 bits per heavy atom. The van der Waals surface area contributed by atoms with Crippen molar-refractivity contribution < 1.29 is 14.4 Å². The van der Waals surface area contributed by atoms with E-state index in [0.717, 1.165) is 10.0 Å². The Balaban J connectivity index is 1.62. The van der Waals surface area contributed by atoms with Gasteiger partial charge in [-0.05, 0) is 54.3 Å². The topological polar surface area (TPSA) is 87.3 Å². The summed E-state index contributed by atoms with van der Waals surface area (Å²) < 4.78 is 0.919. The Hall–Kier alpha value is -2.97. The lowest BCUT2D eigenvalue weighted by Crippen LogP contribution is -2.33. The van der Waals surface area contributed by atoms with Gasteiger partial charge in [0.15, 0.2) is 0 Å². The Kier molecular flexibility index (Phi) is 6.79. The maximum absolute atomic E-state index is 12.6. The molecule has 0 bridgehead atoms. The summed E-state index contributed by atoms with van der Waals surface area (Å²) >= 11 is 4.69. The molecule has 0 fully saturated rings. The number of anilines is 2. The predicted octanol–water partition coefficient (Wildman–Crippen LogP) is 4.44. The number of hydrogen-bond donors (Lipinski definition) is 3. The highest BCUT2D eigenvalue weighted by Gasteiger charge is 2.15. The van der Waals surface area contributed by atoms with Gasteiger partial charge < -0.3 is 16.0 Å². The minimum Gasteiger partial charge on any atom is -0.343 e. The van der Waals surface area contributed by atoms with Crippen molar-refractivity contribution in [1.82, 2.24) is 5.32 Å². The number of thiophene rings is 1. The van der Waals surface area contributed by atoms with Gasteiger partial charge in [-0.15, -0.1) is 11.3 Å². The fraction of sp³-hybridized carbons (Fsp3) is 0.0952. The lowest BCUT2D eigenvalue weighted by atomic mass is 10.1. The van der Waals surface area contributed by atoms with Crippen molar-refractivity contribution in [3.8, 4) is 0 Å². The van der Waals surface area contributed by atoms with Gasteiger partial charge in [-0.1, -0.05) is 34.1 Å². The van der Waals surface area contributed by atoms with E-state index in [-0.39, 0.29) is 23.9 Å². The number of nitrogens with one attached hydrogen (secondary N) is 3. The summed E-state index contributed by atoms with van der Waals surface area (Å²) in [6.07, 6.45) is 0. The van der Waals surface area contributed by atoms with Gasteiger partial charge in [-0.2, -0.15) is 0 Å². The number of benzene rings is 2. The molecule has 0 atom stereocenters. The Labute approximate surface area is 180 Å². The number of halogens is 1. The van der Waals surface area contributed by atoms with Gasteiger partial charge in [0.2, 0.25) is 5.91 Å². The molecular weight excluding hydrogens is 454 g/mol. The van der Waals surface area contributed by atoms with Crippen molar-refractivity contribution in [2.24, 2.45) is 0 Å². The quantitative estimate of drug-likeness (QED) is 0.496. The first-order valence-corrected chi connectivity index (χ1v) is 10.4. The molecule has 3 rings (SSSR count). The van der Waals surface area contributed by atoms with Crippen molar-refractivity contribution in [3.05, 3.63) is 80.5 Å². The lowest BCUT2D eigenvalue weighted by molar-refractivity contribution is -0.115. The molecular formula is C21H18BrN3O3S. The van der Waals surface area contributed by atoms with E-state index < -0.39 is 5.91 Å². The van der Waals surface area contributed by atoms with Crippen LogP contribution < -0.4 is 16.0 Å². The van der Waals surface area contributed by atoms with E-state index in [1.165, 1.54) is 11.3 Å². The zero-order valence-corrected chi connectivity index (χ0v) is 17.9. The van der Waals surface area contributed by atoms with Crippen LogP contribution in [0.1, 0.15) is 25.6 Å². The van der Waals surface area contributed by atoms with E-state index in [2.05, 4.69) is 31.9 Å². The van der Waals surface area contributed by atoms with Crippen molar-refractivity contribution >= 4 is 56.4 Å². The van der Waals surface area contributed by atoms with Crippen LogP contribution in [0.2, 0.25) is 0 Å². The molecule has 3 N–H and O–H groups in total. The number of hydrogen-bond acceptors (Lipinski definition) is 4. The third-order valence-corrected chi connectivity index (χ3v) is 5.40. The minimum atomic E-state index is -0.449. The normalized spacial score (nSPS) is 10.3. The molecule has 0 saturated carbocycles. The summed E-state index contributed by atoms with van der Waals surface area (Å²) in [6.45, 7) is 1.69. The van der Waals surface area contributed by atoms with Crippen LogP contribution in [0.15, 0.2) is 64.5 Å². The second-order valence-electron chi connectivity index (χ2n) is 6.17. The number of rotatable bonds is 6. The number of carbonyl (C=O) groups is 3. The first-order chi connectivity index (χ1) is 13.9. The predicted molar refractivity (Wildman–Crippen MR) is 119 cm³/mol. The van der Waals surface area contributed by atoms with Crippen molar-refractivity contribution in [1.29, 1.82) is 0 Å². The fourth-order valence-electron chi connectivity index (χ4n) is 2.60. The Bertz CT molecular complexity index is 1050. The van der Waals surface area contributed by atoms with Crippen LogP contribution in [0.4, 0.5) is 11.4 Å². The first kappa shape index (κ1) is 20.8. The zero-order chi connectivity index (χ0) is 20.8.